The van der Waals surface area contributed by atoms with Gasteiger partial charge in [0.05, 0.1) is 11.3 Å². The molecule has 1 aromatic carbocycles. The molecule has 0 aliphatic carbocycles. The fourth-order valence-electron chi connectivity index (χ4n) is 1.89. The largest absolute Gasteiger partial charge is 0.355 e. The van der Waals surface area contributed by atoms with Gasteiger partial charge in [0.15, 0.2) is 0 Å². The average molecular weight is 281 g/mol. The van der Waals surface area contributed by atoms with Gasteiger partial charge in [-0.1, -0.05) is 18.5 Å². The molecule has 19 heavy (non-hydrogen) atoms. The first-order valence-electron chi connectivity index (χ1n) is 5.97. The summed E-state index contributed by atoms with van der Waals surface area (Å²) in [4.78, 5) is 36.4. The van der Waals surface area contributed by atoms with Crippen molar-refractivity contribution in [3.63, 3.8) is 0 Å². The number of amides is 2. The van der Waals surface area contributed by atoms with Crippen LogP contribution in [0.1, 0.15) is 23.7 Å². The average Bonchev–Trinajstić information content (AvgIpc) is 2.61. The third kappa shape index (κ3) is 2.61. The molecule has 0 bridgehead atoms. The van der Waals surface area contributed by atoms with Gasteiger partial charge in [0, 0.05) is 11.6 Å². The molecule has 0 fully saturated rings. The van der Waals surface area contributed by atoms with E-state index in [4.69, 9.17) is 11.6 Å². The zero-order chi connectivity index (χ0) is 14.0. The molecule has 1 aliphatic rings. The number of carbonyl (C=O) groups excluding carboxylic acids is 3. The van der Waals surface area contributed by atoms with Gasteiger partial charge in [-0.25, -0.2) is 0 Å². The van der Waals surface area contributed by atoms with Crippen molar-refractivity contribution in [3.05, 3.63) is 28.8 Å². The van der Waals surface area contributed by atoms with E-state index in [0.29, 0.717) is 17.3 Å². The first kappa shape index (κ1) is 13.5. The summed E-state index contributed by atoms with van der Waals surface area (Å²) in [6.45, 7) is 2.30. The Bertz CT molecular complexity index is 557. The van der Waals surface area contributed by atoms with E-state index >= 15 is 0 Å². The molecule has 100 valence electrons. The van der Waals surface area contributed by atoms with Crippen LogP contribution in [0.3, 0.4) is 0 Å². The number of ketones is 1. The highest BCUT2D eigenvalue weighted by molar-refractivity contribution is 6.53. The van der Waals surface area contributed by atoms with Gasteiger partial charge in [-0.15, -0.1) is 0 Å². The molecule has 2 amide bonds. The number of carbonyl (C=O) groups is 3. The third-order valence-corrected chi connectivity index (χ3v) is 3.04. The first-order chi connectivity index (χ1) is 9.04. The van der Waals surface area contributed by atoms with E-state index in [1.165, 1.54) is 12.1 Å². The van der Waals surface area contributed by atoms with Gasteiger partial charge in [0.2, 0.25) is 5.91 Å². The van der Waals surface area contributed by atoms with Crippen molar-refractivity contribution in [2.75, 3.05) is 18.0 Å². The Morgan fingerprint density at radius 2 is 2.11 bits per heavy atom. The van der Waals surface area contributed by atoms with Crippen LogP contribution in [-0.2, 0) is 9.59 Å². The first-order valence-corrected chi connectivity index (χ1v) is 6.35. The summed E-state index contributed by atoms with van der Waals surface area (Å²) < 4.78 is 0. The lowest BCUT2D eigenvalue weighted by molar-refractivity contribution is -0.122. The second-order valence-corrected chi connectivity index (χ2v) is 4.67. The minimum Gasteiger partial charge on any atom is -0.355 e. The van der Waals surface area contributed by atoms with Gasteiger partial charge in [0.25, 0.3) is 11.7 Å². The van der Waals surface area contributed by atoms with Crippen LogP contribution in [-0.4, -0.2) is 30.7 Å². The van der Waals surface area contributed by atoms with Crippen LogP contribution in [0.2, 0.25) is 5.02 Å². The topological polar surface area (TPSA) is 66.5 Å². The van der Waals surface area contributed by atoms with Crippen molar-refractivity contribution in [2.24, 2.45) is 0 Å². The second-order valence-electron chi connectivity index (χ2n) is 4.23. The normalized spacial score (nSPS) is 13.7. The minimum absolute atomic E-state index is 0.169. The summed E-state index contributed by atoms with van der Waals surface area (Å²) in [5, 5.41) is 3.08. The number of rotatable bonds is 4. The molecule has 2 rings (SSSR count). The maximum atomic E-state index is 11.8. The number of benzene rings is 1. The van der Waals surface area contributed by atoms with Crippen LogP contribution in [0.4, 0.5) is 5.69 Å². The quantitative estimate of drug-likeness (QED) is 0.848. The zero-order valence-corrected chi connectivity index (χ0v) is 11.2. The number of hydrogen-bond acceptors (Lipinski definition) is 3. The molecule has 0 atom stereocenters. The maximum Gasteiger partial charge on any atom is 0.299 e. The number of fused-ring (bicyclic) bond motifs is 1. The Balaban J connectivity index is 2.23. The molecule has 1 heterocycles. The summed E-state index contributed by atoms with van der Waals surface area (Å²) in [5.41, 5.74) is 0.687. The molecule has 1 aromatic rings. The lowest BCUT2D eigenvalue weighted by Crippen LogP contribution is -2.40. The van der Waals surface area contributed by atoms with Gasteiger partial charge < -0.3 is 5.32 Å². The summed E-state index contributed by atoms with van der Waals surface area (Å²) in [5.74, 6) is -1.59. The minimum atomic E-state index is -0.691. The van der Waals surface area contributed by atoms with E-state index in [-0.39, 0.29) is 18.0 Å². The monoisotopic (exact) mass is 280 g/mol. The Labute approximate surface area is 115 Å². The molecule has 0 spiro atoms. The van der Waals surface area contributed by atoms with Gasteiger partial charge in [-0.3, -0.25) is 19.3 Å². The predicted octanol–water partition coefficient (Wildman–Crippen LogP) is 1.40. The fourth-order valence-corrected chi connectivity index (χ4v) is 2.05. The van der Waals surface area contributed by atoms with Gasteiger partial charge in [-0.05, 0) is 24.6 Å². The van der Waals surface area contributed by atoms with E-state index in [1.54, 1.807) is 6.07 Å². The van der Waals surface area contributed by atoms with E-state index in [9.17, 15) is 14.4 Å². The van der Waals surface area contributed by atoms with E-state index in [0.717, 1.165) is 11.3 Å². The predicted molar refractivity (Wildman–Crippen MR) is 71.4 cm³/mol. The number of hydrogen-bond donors (Lipinski definition) is 1. The molecular formula is C13H13ClN2O3. The number of nitrogens with one attached hydrogen (secondary N) is 1. The molecule has 0 saturated heterocycles. The maximum absolute atomic E-state index is 11.8. The SMILES string of the molecule is CCCNC(=O)CN1C(=O)C(=O)c2ccc(Cl)cc21. The Hall–Kier alpha value is -1.88. The molecule has 0 unspecified atom stereocenters. The highest BCUT2D eigenvalue weighted by Crippen LogP contribution is 2.31. The number of halogens is 1. The molecule has 0 radical (unpaired) electrons. The summed E-state index contributed by atoms with van der Waals surface area (Å²) in [7, 11) is 0. The molecular weight excluding hydrogens is 268 g/mol. The number of Topliss-reactive ketones (excluding diaryl/α,β-unsaturated/α-hetero) is 1. The van der Waals surface area contributed by atoms with Gasteiger partial charge >= 0.3 is 0 Å². The molecule has 0 aromatic heterocycles. The van der Waals surface area contributed by atoms with Crippen LogP contribution in [0.25, 0.3) is 0 Å². The second kappa shape index (κ2) is 5.40. The van der Waals surface area contributed by atoms with Crippen LogP contribution in [0.5, 0.6) is 0 Å². The van der Waals surface area contributed by atoms with Crippen molar-refractivity contribution >= 4 is 34.9 Å². The van der Waals surface area contributed by atoms with Crippen LogP contribution in [0.15, 0.2) is 18.2 Å². The van der Waals surface area contributed by atoms with Crippen molar-refractivity contribution in [1.82, 2.24) is 5.32 Å². The van der Waals surface area contributed by atoms with Crippen molar-refractivity contribution in [2.45, 2.75) is 13.3 Å². The van der Waals surface area contributed by atoms with Crippen LogP contribution < -0.4 is 10.2 Å². The molecule has 1 aliphatic heterocycles. The third-order valence-electron chi connectivity index (χ3n) is 2.81. The Morgan fingerprint density at radius 1 is 1.37 bits per heavy atom. The molecule has 1 N–H and O–H groups in total. The molecule has 5 nitrogen and oxygen atoms in total. The zero-order valence-electron chi connectivity index (χ0n) is 10.4. The fraction of sp³-hybridized carbons (Fsp3) is 0.308. The van der Waals surface area contributed by atoms with Crippen molar-refractivity contribution in [1.29, 1.82) is 0 Å². The summed E-state index contributed by atoms with van der Waals surface area (Å²) >= 11 is 5.85. The van der Waals surface area contributed by atoms with Crippen molar-refractivity contribution < 1.29 is 14.4 Å². The number of nitrogens with zero attached hydrogens (tertiary/aromatic N) is 1. The van der Waals surface area contributed by atoms with Crippen molar-refractivity contribution in [3.8, 4) is 0 Å². The van der Waals surface area contributed by atoms with E-state index < -0.39 is 11.7 Å². The Kier molecular flexibility index (Phi) is 3.85. The molecule has 0 saturated carbocycles. The Morgan fingerprint density at radius 3 is 2.79 bits per heavy atom. The lowest BCUT2D eigenvalue weighted by atomic mass is 10.1. The van der Waals surface area contributed by atoms with Gasteiger partial charge in [0.1, 0.15) is 6.54 Å². The van der Waals surface area contributed by atoms with Crippen LogP contribution in [0, 0.1) is 0 Å². The number of anilines is 1. The lowest BCUT2D eigenvalue weighted by Gasteiger charge is -2.16. The van der Waals surface area contributed by atoms with E-state index in [2.05, 4.69) is 5.32 Å². The van der Waals surface area contributed by atoms with Gasteiger partial charge in [-0.2, -0.15) is 0 Å². The van der Waals surface area contributed by atoms with E-state index in [1.807, 2.05) is 6.92 Å². The highest BCUT2D eigenvalue weighted by atomic mass is 35.5. The standard InChI is InChI=1S/C13H13ClN2O3/c1-2-5-15-11(17)7-16-10-6-8(14)3-4-9(10)12(18)13(16)19/h3-4,6H,2,5,7H2,1H3,(H,15,17). The summed E-state index contributed by atoms with van der Waals surface area (Å²) in [6.07, 6.45) is 0.807. The summed E-state index contributed by atoms with van der Waals surface area (Å²) in [6, 6.07) is 4.57. The highest BCUT2D eigenvalue weighted by Gasteiger charge is 2.36. The molecule has 6 heteroatoms. The van der Waals surface area contributed by atoms with Crippen LogP contribution >= 0.6 is 11.6 Å². The smallest absolute Gasteiger partial charge is 0.299 e.